The van der Waals surface area contributed by atoms with E-state index in [-0.39, 0.29) is 13.2 Å². The van der Waals surface area contributed by atoms with Crippen molar-refractivity contribution >= 4 is 16.0 Å². The Morgan fingerprint density at radius 3 is 2.33 bits per heavy atom. The van der Waals surface area contributed by atoms with Crippen molar-refractivity contribution in [3.8, 4) is 0 Å². The monoisotopic (exact) mass is 239 g/mol. The third kappa shape index (κ3) is 5.71. The Labute approximate surface area is 89.7 Å². The minimum Gasteiger partial charge on any atom is -0.480 e. The van der Waals surface area contributed by atoms with Crippen LogP contribution in [0.1, 0.15) is 20.8 Å². The predicted octanol–water partition coefficient (Wildman–Crippen LogP) is -0.194. The molecule has 0 atom stereocenters. The summed E-state index contributed by atoms with van der Waals surface area (Å²) in [4.78, 5) is 10.1. The summed E-state index contributed by atoms with van der Waals surface area (Å²) in [5.74, 6) is -1.08. The van der Waals surface area contributed by atoms with E-state index in [4.69, 9.17) is 5.11 Å². The standard InChI is InChI=1S/C8H17NO5S/c1-8(2,3)15(12,13)9-4-5-14-6-7(10)11/h9H,4-6H2,1-3H3,(H,10,11). The lowest BCUT2D eigenvalue weighted by atomic mass is 10.3. The van der Waals surface area contributed by atoms with E-state index in [2.05, 4.69) is 9.46 Å². The number of carboxylic acids is 1. The van der Waals surface area contributed by atoms with Crippen molar-refractivity contribution in [2.45, 2.75) is 25.5 Å². The minimum absolute atomic E-state index is 0.0433. The number of hydrogen-bond acceptors (Lipinski definition) is 4. The highest BCUT2D eigenvalue weighted by atomic mass is 32.2. The molecule has 0 saturated heterocycles. The molecule has 0 unspecified atom stereocenters. The van der Waals surface area contributed by atoms with Gasteiger partial charge in [0, 0.05) is 6.54 Å². The van der Waals surface area contributed by atoms with Crippen molar-refractivity contribution in [1.29, 1.82) is 0 Å². The minimum atomic E-state index is -3.38. The van der Waals surface area contributed by atoms with E-state index in [9.17, 15) is 13.2 Å². The number of rotatable bonds is 6. The number of carboxylic acid groups (broad SMARTS) is 1. The molecule has 7 heteroatoms. The number of nitrogens with one attached hydrogen (secondary N) is 1. The Balaban J connectivity index is 3.83. The first-order valence-electron chi connectivity index (χ1n) is 4.45. The van der Waals surface area contributed by atoms with Crippen LogP contribution in [0.15, 0.2) is 0 Å². The maximum absolute atomic E-state index is 11.5. The van der Waals surface area contributed by atoms with Gasteiger partial charge in [0.15, 0.2) is 0 Å². The Bertz CT molecular complexity index is 303. The van der Waals surface area contributed by atoms with Gasteiger partial charge in [-0.3, -0.25) is 0 Å². The summed E-state index contributed by atoms with van der Waals surface area (Å²) in [7, 11) is -3.38. The predicted molar refractivity (Wildman–Crippen MR) is 55.1 cm³/mol. The van der Waals surface area contributed by atoms with Crippen LogP contribution in [0.3, 0.4) is 0 Å². The molecule has 0 rings (SSSR count). The van der Waals surface area contributed by atoms with Crippen molar-refractivity contribution in [1.82, 2.24) is 4.72 Å². The lowest BCUT2D eigenvalue weighted by Gasteiger charge is -2.19. The fourth-order valence-corrected chi connectivity index (χ4v) is 1.41. The largest absolute Gasteiger partial charge is 0.480 e. The topological polar surface area (TPSA) is 92.7 Å². The van der Waals surface area contributed by atoms with Crippen LogP contribution < -0.4 is 4.72 Å². The summed E-state index contributed by atoms with van der Waals surface area (Å²) in [6.45, 7) is 4.43. The third-order valence-electron chi connectivity index (χ3n) is 1.57. The molecule has 6 nitrogen and oxygen atoms in total. The average Bonchev–Trinajstić information content (AvgIpc) is 2.00. The van der Waals surface area contributed by atoms with Gasteiger partial charge < -0.3 is 9.84 Å². The Morgan fingerprint density at radius 2 is 1.93 bits per heavy atom. The molecule has 90 valence electrons. The van der Waals surface area contributed by atoms with Gasteiger partial charge in [-0.05, 0) is 20.8 Å². The molecule has 2 N–H and O–H groups in total. The van der Waals surface area contributed by atoms with Crippen LogP contribution >= 0.6 is 0 Å². The van der Waals surface area contributed by atoms with Crippen LogP contribution in [0.4, 0.5) is 0 Å². The molecule has 15 heavy (non-hydrogen) atoms. The van der Waals surface area contributed by atoms with E-state index < -0.39 is 27.3 Å². The molecule has 0 fully saturated rings. The quantitative estimate of drug-likeness (QED) is 0.626. The van der Waals surface area contributed by atoms with Gasteiger partial charge >= 0.3 is 5.97 Å². The molecule has 0 aromatic rings. The number of hydrogen-bond donors (Lipinski definition) is 2. The third-order valence-corrected chi connectivity index (χ3v) is 3.77. The van der Waals surface area contributed by atoms with Crippen molar-refractivity contribution < 1.29 is 23.1 Å². The Kier molecular flexibility index (Phi) is 5.19. The van der Waals surface area contributed by atoms with Gasteiger partial charge in [-0.25, -0.2) is 17.9 Å². The molecule has 0 spiro atoms. The molecular formula is C8H17NO5S. The zero-order chi connectivity index (χ0) is 12.1. The zero-order valence-corrected chi connectivity index (χ0v) is 9.93. The fraction of sp³-hybridized carbons (Fsp3) is 0.875. The summed E-state index contributed by atoms with van der Waals surface area (Å²) >= 11 is 0. The molecule has 0 aliphatic rings. The van der Waals surface area contributed by atoms with Crippen molar-refractivity contribution in [2.24, 2.45) is 0 Å². The second-order valence-electron chi connectivity index (χ2n) is 3.96. The highest BCUT2D eigenvalue weighted by molar-refractivity contribution is 7.90. The fourth-order valence-electron chi connectivity index (χ4n) is 0.624. The highest BCUT2D eigenvalue weighted by Crippen LogP contribution is 2.12. The molecule has 0 aliphatic carbocycles. The van der Waals surface area contributed by atoms with Crippen molar-refractivity contribution in [3.05, 3.63) is 0 Å². The second-order valence-corrected chi connectivity index (χ2v) is 6.48. The average molecular weight is 239 g/mol. The van der Waals surface area contributed by atoms with Gasteiger partial charge in [-0.2, -0.15) is 0 Å². The van der Waals surface area contributed by atoms with Crippen LogP contribution in [0.25, 0.3) is 0 Å². The first kappa shape index (κ1) is 14.3. The first-order chi connectivity index (χ1) is 6.67. The van der Waals surface area contributed by atoms with E-state index in [1.807, 2.05) is 0 Å². The molecule has 0 radical (unpaired) electrons. The Hall–Kier alpha value is -0.660. The molecule has 0 saturated carbocycles. The molecular weight excluding hydrogens is 222 g/mol. The van der Waals surface area contributed by atoms with Crippen molar-refractivity contribution in [3.63, 3.8) is 0 Å². The van der Waals surface area contributed by atoms with E-state index in [0.717, 1.165) is 0 Å². The van der Waals surface area contributed by atoms with E-state index >= 15 is 0 Å². The van der Waals surface area contributed by atoms with E-state index in [1.165, 1.54) is 0 Å². The van der Waals surface area contributed by atoms with Crippen LogP contribution in [0, 0.1) is 0 Å². The summed E-state index contributed by atoms with van der Waals surface area (Å²) in [6.07, 6.45) is 0. The molecule has 0 aromatic heterocycles. The van der Waals surface area contributed by atoms with Gasteiger partial charge in [0.05, 0.1) is 11.4 Å². The molecule has 0 aromatic carbocycles. The lowest BCUT2D eigenvalue weighted by Crippen LogP contribution is -2.40. The normalized spacial score (nSPS) is 12.7. The number of ether oxygens (including phenoxy) is 1. The maximum atomic E-state index is 11.5. The van der Waals surface area contributed by atoms with Gasteiger partial charge in [0.25, 0.3) is 0 Å². The summed E-state index contributed by atoms with van der Waals surface area (Å²) < 4.78 is 29.1. The first-order valence-corrected chi connectivity index (χ1v) is 5.94. The lowest BCUT2D eigenvalue weighted by molar-refractivity contribution is -0.142. The maximum Gasteiger partial charge on any atom is 0.329 e. The van der Waals surface area contributed by atoms with Gasteiger partial charge in [0.1, 0.15) is 6.61 Å². The molecule has 0 aliphatic heterocycles. The van der Waals surface area contributed by atoms with Gasteiger partial charge in [0.2, 0.25) is 10.0 Å². The summed E-state index contributed by atoms with van der Waals surface area (Å²) in [6, 6.07) is 0. The molecule has 0 heterocycles. The van der Waals surface area contributed by atoms with Gasteiger partial charge in [-0.1, -0.05) is 0 Å². The van der Waals surface area contributed by atoms with Crippen LogP contribution in [0.5, 0.6) is 0 Å². The summed E-state index contributed by atoms with van der Waals surface area (Å²) in [5.41, 5.74) is 0. The number of sulfonamides is 1. The molecule has 0 amide bonds. The van der Waals surface area contributed by atoms with Gasteiger partial charge in [-0.15, -0.1) is 0 Å². The Morgan fingerprint density at radius 1 is 1.40 bits per heavy atom. The van der Waals surface area contributed by atoms with Crippen LogP contribution in [-0.4, -0.2) is 44.0 Å². The zero-order valence-electron chi connectivity index (χ0n) is 9.11. The highest BCUT2D eigenvalue weighted by Gasteiger charge is 2.27. The van der Waals surface area contributed by atoms with E-state index in [0.29, 0.717) is 0 Å². The second kappa shape index (κ2) is 5.43. The smallest absolute Gasteiger partial charge is 0.329 e. The SMILES string of the molecule is CC(C)(C)S(=O)(=O)NCCOCC(=O)O. The van der Waals surface area contributed by atoms with Crippen molar-refractivity contribution in [2.75, 3.05) is 19.8 Å². The van der Waals surface area contributed by atoms with Crippen LogP contribution in [0.2, 0.25) is 0 Å². The van der Waals surface area contributed by atoms with E-state index in [1.54, 1.807) is 20.8 Å². The number of carbonyl (C=O) groups is 1. The summed E-state index contributed by atoms with van der Waals surface area (Å²) in [5, 5.41) is 8.24. The van der Waals surface area contributed by atoms with Crippen LogP contribution in [-0.2, 0) is 19.6 Å². The number of aliphatic carboxylic acids is 1. The molecule has 0 bridgehead atoms.